The molecule has 0 bridgehead atoms. The van der Waals surface area contributed by atoms with Gasteiger partial charge in [0.2, 0.25) is 10.0 Å². The van der Waals surface area contributed by atoms with Gasteiger partial charge in [0.15, 0.2) is 0 Å². The van der Waals surface area contributed by atoms with Gasteiger partial charge in [-0.3, -0.25) is 0 Å². The van der Waals surface area contributed by atoms with E-state index in [0.717, 1.165) is 38.1 Å². The van der Waals surface area contributed by atoms with Crippen molar-refractivity contribution in [1.82, 2.24) is 9.29 Å². The normalized spacial score (nSPS) is 22.9. The van der Waals surface area contributed by atoms with Crippen molar-refractivity contribution in [1.29, 1.82) is 0 Å². The molecule has 1 unspecified atom stereocenters. The lowest BCUT2D eigenvalue weighted by Crippen LogP contribution is -2.45. The second-order valence-corrected chi connectivity index (χ2v) is 10.7. The van der Waals surface area contributed by atoms with Crippen molar-refractivity contribution < 1.29 is 13.2 Å². The summed E-state index contributed by atoms with van der Waals surface area (Å²) in [6.07, 6.45) is 9.54. The molecule has 1 aromatic rings. The maximum atomic E-state index is 13.0. The molecule has 0 aromatic carbocycles. The van der Waals surface area contributed by atoms with E-state index in [1.54, 1.807) is 12.1 Å². The van der Waals surface area contributed by atoms with Crippen LogP contribution in [0.4, 0.5) is 5.82 Å². The Morgan fingerprint density at radius 1 is 1.14 bits per heavy atom. The van der Waals surface area contributed by atoms with Crippen LogP contribution in [0, 0.1) is 0 Å². The molecule has 7 heteroatoms. The van der Waals surface area contributed by atoms with E-state index in [1.807, 2.05) is 27.7 Å². The van der Waals surface area contributed by atoms with Gasteiger partial charge in [0.1, 0.15) is 10.7 Å². The SMILES string of the molecule is CC(C)N(C(C)C)S(=O)(=O)c1ccc(NC2CCOC3(CCCCC3)C2)nc1. The molecule has 6 nitrogen and oxygen atoms in total. The number of anilines is 1. The molecule has 1 aliphatic carbocycles. The third kappa shape index (κ3) is 4.69. The number of ether oxygens (including phenoxy) is 1. The van der Waals surface area contributed by atoms with Crippen molar-refractivity contribution in [3.05, 3.63) is 18.3 Å². The zero-order chi connectivity index (χ0) is 20.4. The summed E-state index contributed by atoms with van der Waals surface area (Å²) >= 11 is 0. The Kier molecular flexibility index (Phi) is 6.67. The van der Waals surface area contributed by atoms with Crippen LogP contribution < -0.4 is 5.32 Å². The van der Waals surface area contributed by atoms with E-state index in [1.165, 1.54) is 29.8 Å². The highest BCUT2D eigenvalue weighted by Gasteiger charge is 2.38. The highest BCUT2D eigenvalue weighted by Crippen LogP contribution is 2.39. The van der Waals surface area contributed by atoms with Gasteiger partial charge < -0.3 is 10.1 Å². The lowest BCUT2D eigenvalue weighted by Gasteiger charge is -2.43. The van der Waals surface area contributed by atoms with Gasteiger partial charge in [-0.05, 0) is 65.5 Å². The maximum Gasteiger partial charge on any atom is 0.245 e. The molecule has 1 aromatic heterocycles. The molecule has 1 aliphatic heterocycles. The van der Waals surface area contributed by atoms with Crippen molar-refractivity contribution in [2.45, 2.75) is 101 Å². The smallest absolute Gasteiger partial charge is 0.245 e. The first-order valence-corrected chi connectivity index (χ1v) is 12.1. The van der Waals surface area contributed by atoms with Crippen LogP contribution in [0.15, 0.2) is 23.2 Å². The Bertz CT molecular complexity index is 727. The molecule has 28 heavy (non-hydrogen) atoms. The number of hydrogen-bond donors (Lipinski definition) is 1. The molecule has 0 radical (unpaired) electrons. The standard InChI is InChI=1S/C21H35N3O3S/c1-16(2)24(17(3)4)28(25,26)19-8-9-20(22-15-19)23-18-10-13-27-21(14-18)11-6-5-7-12-21/h8-9,15-18H,5-7,10-14H2,1-4H3,(H,22,23). The first-order valence-electron chi connectivity index (χ1n) is 10.6. The summed E-state index contributed by atoms with van der Waals surface area (Å²) in [4.78, 5) is 4.66. The highest BCUT2D eigenvalue weighted by atomic mass is 32.2. The second-order valence-electron chi connectivity index (χ2n) is 8.83. The van der Waals surface area contributed by atoms with Gasteiger partial charge >= 0.3 is 0 Å². The van der Waals surface area contributed by atoms with Crippen molar-refractivity contribution in [2.24, 2.45) is 0 Å². The van der Waals surface area contributed by atoms with E-state index in [4.69, 9.17) is 4.74 Å². The molecule has 0 amide bonds. The first kappa shape index (κ1) is 21.5. The molecule has 1 saturated carbocycles. The summed E-state index contributed by atoms with van der Waals surface area (Å²) in [5, 5.41) is 3.51. The molecule has 3 rings (SSSR count). The monoisotopic (exact) mass is 409 g/mol. The summed E-state index contributed by atoms with van der Waals surface area (Å²) in [5.41, 5.74) is 0.0342. The summed E-state index contributed by atoms with van der Waals surface area (Å²) in [5.74, 6) is 0.734. The van der Waals surface area contributed by atoms with Crippen LogP contribution in [0.3, 0.4) is 0 Å². The van der Waals surface area contributed by atoms with Gasteiger partial charge in [-0.1, -0.05) is 19.3 Å². The van der Waals surface area contributed by atoms with Crippen LogP contribution in [-0.2, 0) is 14.8 Å². The fourth-order valence-corrected chi connectivity index (χ4v) is 6.58. The molecule has 1 saturated heterocycles. The maximum absolute atomic E-state index is 13.0. The van der Waals surface area contributed by atoms with Crippen LogP contribution in [-0.4, -0.2) is 48.0 Å². The Labute approximate surface area is 170 Å². The molecule has 158 valence electrons. The predicted molar refractivity (Wildman–Crippen MR) is 112 cm³/mol. The molecule has 2 heterocycles. The zero-order valence-corrected chi connectivity index (χ0v) is 18.5. The number of pyridine rings is 1. The van der Waals surface area contributed by atoms with Gasteiger partial charge in [0.25, 0.3) is 0 Å². The topological polar surface area (TPSA) is 71.5 Å². The number of sulfonamides is 1. The molecular formula is C21H35N3O3S. The fraction of sp³-hybridized carbons (Fsp3) is 0.762. The Morgan fingerprint density at radius 3 is 2.39 bits per heavy atom. The number of rotatable bonds is 6. The molecule has 1 N–H and O–H groups in total. The minimum atomic E-state index is -3.55. The fourth-order valence-electron chi connectivity index (χ4n) is 4.80. The van der Waals surface area contributed by atoms with Gasteiger partial charge in [0, 0.05) is 30.9 Å². The quantitative estimate of drug-likeness (QED) is 0.763. The second kappa shape index (κ2) is 8.67. The number of nitrogens with zero attached hydrogens (tertiary/aromatic N) is 2. The molecular weight excluding hydrogens is 374 g/mol. The molecule has 2 fully saturated rings. The summed E-state index contributed by atoms with van der Waals surface area (Å²) in [6.45, 7) is 8.36. The van der Waals surface area contributed by atoms with E-state index >= 15 is 0 Å². The Hall–Kier alpha value is -1.18. The number of nitrogens with one attached hydrogen (secondary N) is 1. The highest BCUT2D eigenvalue weighted by molar-refractivity contribution is 7.89. The van der Waals surface area contributed by atoms with Crippen LogP contribution in [0.25, 0.3) is 0 Å². The van der Waals surface area contributed by atoms with Crippen LogP contribution >= 0.6 is 0 Å². The third-order valence-electron chi connectivity index (χ3n) is 5.94. The van der Waals surface area contributed by atoms with Gasteiger partial charge in [-0.15, -0.1) is 0 Å². The van der Waals surface area contributed by atoms with Crippen LogP contribution in [0.2, 0.25) is 0 Å². The third-order valence-corrected chi connectivity index (χ3v) is 8.17. The predicted octanol–water partition coefficient (Wildman–Crippen LogP) is 4.18. The van der Waals surface area contributed by atoms with Crippen molar-refractivity contribution in [2.75, 3.05) is 11.9 Å². The summed E-state index contributed by atoms with van der Waals surface area (Å²) < 4.78 is 33.6. The van der Waals surface area contributed by atoms with E-state index in [9.17, 15) is 8.42 Å². The van der Waals surface area contributed by atoms with Gasteiger partial charge in [-0.25, -0.2) is 13.4 Å². The molecule has 1 atom stereocenters. The summed E-state index contributed by atoms with van der Waals surface area (Å²) in [6, 6.07) is 3.57. The Balaban J connectivity index is 1.69. The van der Waals surface area contributed by atoms with Crippen LogP contribution in [0.1, 0.15) is 72.6 Å². The number of aromatic nitrogens is 1. The van der Waals surface area contributed by atoms with Crippen molar-refractivity contribution >= 4 is 15.8 Å². The molecule has 2 aliphatic rings. The van der Waals surface area contributed by atoms with Crippen molar-refractivity contribution in [3.63, 3.8) is 0 Å². The Morgan fingerprint density at radius 2 is 1.82 bits per heavy atom. The van der Waals surface area contributed by atoms with E-state index in [2.05, 4.69) is 10.3 Å². The minimum absolute atomic E-state index is 0.0342. The number of hydrogen-bond acceptors (Lipinski definition) is 5. The average Bonchev–Trinajstić information content (AvgIpc) is 2.62. The van der Waals surface area contributed by atoms with E-state index in [0.29, 0.717) is 6.04 Å². The largest absolute Gasteiger partial charge is 0.375 e. The van der Waals surface area contributed by atoms with E-state index < -0.39 is 10.0 Å². The van der Waals surface area contributed by atoms with E-state index in [-0.39, 0.29) is 22.6 Å². The lowest BCUT2D eigenvalue weighted by molar-refractivity contribution is -0.103. The average molecular weight is 410 g/mol. The minimum Gasteiger partial charge on any atom is -0.375 e. The summed E-state index contributed by atoms with van der Waals surface area (Å²) in [7, 11) is -3.55. The van der Waals surface area contributed by atoms with Gasteiger partial charge in [-0.2, -0.15) is 4.31 Å². The first-order chi connectivity index (χ1) is 13.2. The molecule has 1 spiro atoms. The zero-order valence-electron chi connectivity index (χ0n) is 17.6. The van der Waals surface area contributed by atoms with Gasteiger partial charge in [0.05, 0.1) is 5.60 Å². The van der Waals surface area contributed by atoms with Crippen LogP contribution in [0.5, 0.6) is 0 Å². The van der Waals surface area contributed by atoms with Crippen molar-refractivity contribution in [3.8, 4) is 0 Å². The lowest BCUT2D eigenvalue weighted by atomic mass is 9.78.